The van der Waals surface area contributed by atoms with Crippen molar-refractivity contribution in [2.24, 2.45) is 0 Å². The Hall–Kier alpha value is -1.81. The largest absolute Gasteiger partial charge is 0.422 e. The predicted molar refractivity (Wildman–Crippen MR) is 92.2 cm³/mol. The van der Waals surface area contributed by atoms with E-state index in [9.17, 15) is 4.79 Å². The molecule has 2 aromatic rings. The first-order chi connectivity index (χ1) is 11.3. The lowest BCUT2D eigenvalue weighted by atomic mass is 10.0. The van der Waals surface area contributed by atoms with E-state index in [2.05, 4.69) is 11.0 Å². The Morgan fingerprint density at radius 3 is 2.52 bits per heavy atom. The zero-order valence-corrected chi connectivity index (χ0v) is 13.6. The molecule has 2 aliphatic rings. The molecule has 1 aromatic heterocycles. The third-order valence-electron chi connectivity index (χ3n) is 5.29. The first kappa shape index (κ1) is 14.8. The van der Waals surface area contributed by atoms with Crippen molar-refractivity contribution in [3.8, 4) is 0 Å². The van der Waals surface area contributed by atoms with Crippen LogP contribution in [0.3, 0.4) is 0 Å². The van der Waals surface area contributed by atoms with Crippen molar-refractivity contribution in [1.82, 2.24) is 0 Å². The Morgan fingerprint density at radius 1 is 1.00 bits per heavy atom. The SMILES string of the molecule is O=c1oc2ccccc2c(N2CCCCC2)c1C[NH+]1CCCC1. The van der Waals surface area contributed by atoms with Crippen LogP contribution in [0, 0.1) is 0 Å². The van der Waals surface area contributed by atoms with E-state index in [1.165, 1.54) is 50.1 Å². The summed E-state index contributed by atoms with van der Waals surface area (Å²) < 4.78 is 5.64. The molecule has 4 rings (SSSR count). The van der Waals surface area contributed by atoms with Gasteiger partial charge in [-0.05, 0) is 31.4 Å². The summed E-state index contributed by atoms with van der Waals surface area (Å²) in [5.74, 6) is 0. The van der Waals surface area contributed by atoms with E-state index in [0.29, 0.717) is 0 Å². The molecule has 0 aliphatic carbocycles. The molecule has 2 fully saturated rings. The normalized spacial score (nSPS) is 19.6. The molecule has 4 heteroatoms. The summed E-state index contributed by atoms with van der Waals surface area (Å²) in [5.41, 5.74) is 2.63. The van der Waals surface area contributed by atoms with Gasteiger partial charge in [0, 0.05) is 31.3 Å². The number of para-hydroxylation sites is 1. The molecule has 0 atom stereocenters. The highest BCUT2D eigenvalue weighted by atomic mass is 16.4. The van der Waals surface area contributed by atoms with Crippen LogP contribution in [0.1, 0.15) is 37.7 Å². The quantitative estimate of drug-likeness (QED) is 0.880. The van der Waals surface area contributed by atoms with Crippen LogP contribution in [0.15, 0.2) is 33.5 Å². The number of hydrogen-bond donors (Lipinski definition) is 1. The van der Waals surface area contributed by atoms with Gasteiger partial charge in [0.25, 0.3) is 0 Å². The van der Waals surface area contributed by atoms with Crippen LogP contribution >= 0.6 is 0 Å². The van der Waals surface area contributed by atoms with Gasteiger partial charge in [0.05, 0.1) is 18.8 Å². The number of fused-ring (bicyclic) bond motifs is 1. The molecule has 0 amide bonds. The smallest absolute Gasteiger partial charge is 0.347 e. The summed E-state index contributed by atoms with van der Waals surface area (Å²) in [6.07, 6.45) is 6.26. The minimum atomic E-state index is -0.135. The van der Waals surface area contributed by atoms with Gasteiger partial charge in [-0.3, -0.25) is 0 Å². The molecule has 1 aromatic carbocycles. The average molecular weight is 313 g/mol. The molecule has 1 N–H and O–H groups in total. The minimum absolute atomic E-state index is 0.135. The first-order valence-electron chi connectivity index (χ1n) is 8.96. The van der Waals surface area contributed by atoms with Crippen molar-refractivity contribution >= 4 is 16.7 Å². The maximum Gasteiger partial charge on any atom is 0.347 e. The molecule has 0 spiro atoms. The van der Waals surface area contributed by atoms with Crippen LogP contribution in [0.5, 0.6) is 0 Å². The Morgan fingerprint density at radius 2 is 1.74 bits per heavy atom. The van der Waals surface area contributed by atoms with Gasteiger partial charge in [-0.25, -0.2) is 4.79 Å². The number of hydrogen-bond acceptors (Lipinski definition) is 3. The van der Waals surface area contributed by atoms with Gasteiger partial charge in [0.15, 0.2) is 0 Å². The highest BCUT2D eigenvalue weighted by Crippen LogP contribution is 2.30. The topological polar surface area (TPSA) is 37.9 Å². The van der Waals surface area contributed by atoms with E-state index in [-0.39, 0.29) is 5.63 Å². The average Bonchev–Trinajstić information content (AvgIpc) is 3.09. The van der Waals surface area contributed by atoms with Crippen molar-refractivity contribution in [2.75, 3.05) is 31.1 Å². The second kappa shape index (κ2) is 6.36. The van der Waals surface area contributed by atoms with E-state index < -0.39 is 0 Å². The molecule has 0 radical (unpaired) electrons. The van der Waals surface area contributed by atoms with Gasteiger partial charge in [-0.1, -0.05) is 12.1 Å². The Labute approximate surface area is 136 Å². The fourth-order valence-corrected chi connectivity index (χ4v) is 4.11. The maximum absolute atomic E-state index is 12.7. The summed E-state index contributed by atoms with van der Waals surface area (Å²) in [5, 5.41) is 1.10. The number of quaternary nitrogens is 1. The third kappa shape index (κ3) is 2.88. The molecule has 122 valence electrons. The zero-order valence-electron chi connectivity index (χ0n) is 13.6. The first-order valence-corrected chi connectivity index (χ1v) is 8.96. The molecule has 23 heavy (non-hydrogen) atoms. The van der Waals surface area contributed by atoms with Crippen LogP contribution in [-0.4, -0.2) is 26.2 Å². The number of nitrogens with one attached hydrogen (secondary N) is 1. The molecule has 0 saturated carbocycles. The van der Waals surface area contributed by atoms with Crippen LogP contribution in [0.2, 0.25) is 0 Å². The van der Waals surface area contributed by atoms with E-state index in [0.717, 1.165) is 41.9 Å². The number of rotatable bonds is 3. The Kier molecular flexibility index (Phi) is 4.08. The van der Waals surface area contributed by atoms with Crippen molar-refractivity contribution in [2.45, 2.75) is 38.6 Å². The van der Waals surface area contributed by atoms with Gasteiger partial charge >= 0.3 is 5.63 Å². The Bertz CT molecular complexity index is 741. The molecular weight excluding hydrogens is 288 g/mol. The maximum atomic E-state index is 12.7. The number of anilines is 1. The molecule has 0 unspecified atom stereocenters. The number of nitrogens with zero attached hydrogens (tertiary/aromatic N) is 1. The predicted octanol–water partition coefficient (Wildman–Crippen LogP) is 1.96. The summed E-state index contributed by atoms with van der Waals surface area (Å²) in [4.78, 5) is 16.6. The Balaban J connectivity index is 1.84. The van der Waals surface area contributed by atoms with Gasteiger partial charge < -0.3 is 14.2 Å². The van der Waals surface area contributed by atoms with Gasteiger partial charge in [0.2, 0.25) is 0 Å². The van der Waals surface area contributed by atoms with Crippen molar-refractivity contribution in [3.05, 3.63) is 40.2 Å². The second-order valence-corrected chi connectivity index (χ2v) is 6.89. The molecule has 3 heterocycles. The van der Waals surface area contributed by atoms with E-state index in [4.69, 9.17) is 4.42 Å². The van der Waals surface area contributed by atoms with Crippen molar-refractivity contribution in [1.29, 1.82) is 0 Å². The molecule has 0 bridgehead atoms. The van der Waals surface area contributed by atoms with Crippen LogP contribution in [-0.2, 0) is 6.54 Å². The summed E-state index contributed by atoms with van der Waals surface area (Å²) in [7, 11) is 0. The van der Waals surface area contributed by atoms with Crippen molar-refractivity contribution < 1.29 is 9.32 Å². The van der Waals surface area contributed by atoms with Gasteiger partial charge in [-0.2, -0.15) is 0 Å². The highest BCUT2D eigenvalue weighted by Gasteiger charge is 2.26. The van der Waals surface area contributed by atoms with Crippen LogP contribution < -0.4 is 15.4 Å². The molecular formula is C19H25N2O2+. The second-order valence-electron chi connectivity index (χ2n) is 6.89. The number of likely N-dealkylation sites (tertiary alicyclic amines) is 1. The lowest BCUT2D eigenvalue weighted by Gasteiger charge is -2.31. The summed E-state index contributed by atoms with van der Waals surface area (Å²) >= 11 is 0. The minimum Gasteiger partial charge on any atom is -0.422 e. The highest BCUT2D eigenvalue weighted by molar-refractivity contribution is 5.91. The van der Waals surface area contributed by atoms with E-state index in [1.54, 1.807) is 0 Å². The summed E-state index contributed by atoms with van der Waals surface area (Å²) in [6.45, 7) is 5.25. The summed E-state index contributed by atoms with van der Waals surface area (Å²) in [6, 6.07) is 8.00. The number of piperidine rings is 1. The van der Waals surface area contributed by atoms with Crippen LogP contribution in [0.25, 0.3) is 11.0 Å². The molecule has 4 nitrogen and oxygen atoms in total. The molecule has 2 saturated heterocycles. The van der Waals surface area contributed by atoms with Gasteiger partial charge in [0.1, 0.15) is 17.7 Å². The zero-order chi connectivity index (χ0) is 15.6. The number of benzene rings is 1. The third-order valence-corrected chi connectivity index (χ3v) is 5.29. The van der Waals surface area contributed by atoms with Gasteiger partial charge in [-0.15, -0.1) is 0 Å². The van der Waals surface area contributed by atoms with Crippen molar-refractivity contribution in [3.63, 3.8) is 0 Å². The monoisotopic (exact) mass is 313 g/mol. The van der Waals surface area contributed by atoms with Crippen LogP contribution in [0.4, 0.5) is 5.69 Å². The lowest BCUT2D eigenvalue weighted by molar-refractivity contribution is -0.901. The molecule has 2 aliphatic heterocycles. The fourth-order valence-electron chi connectivity index (χ4n) is 4.11. The standard InChI is InChI=1S/C19H24N2O2/c22-19-16(14-20-10-6-7-11-20)18(21-12-4-1-5-13-21)15-8-2-3-9-17(15)23-19/h2-3,8-9H,1,4-7,10-14H2/p+1. The van der Waals surface area contributed by atoms with E-state index in [1.807, 2.05) is 18.2 Å². The lowest BCUT2D eigenvalue weighted by Crippen LogP contribution is -3.08. The fraction of sp³-hybridized carbons (Fsp3) is 0.526. The van der Waals surface area contributed by atoms with E-state index >= 15 is 0 Å².